The van der Waals surface area contributed by atoms with Gasteiger partial charge in [-0.3, -0.25) is 9.59 Å². The zero-order valence-electron chi connectivity index (χ0n) is 17.2. The highest BCUT2D eigenvalue weighted by Gasteiger charge is 2.36. The lowest BCUT2D eigenvalue weighted by atomic mass is 10.0. The number of rotatable bonds is 8. The van der Waals surface area contributed by atoms with Gasteiger partial charge in [0.2, 0.25) is 11.8 Å². The number of carbonyl (C=O) groups excluding carboxylic acids is 2. The Bertz CT molecular complexity index is 867. The maximum Gasteiger partial charge on any atom is 0.227 e. The molecule has 6 nitrogen and oxygen atoms in total. The van der Waals surface area contributed by atoms with Crippen molar-refractivity contribution >= 4 is 17.5 Å². The fourth-order valence-electron chi connectivity index (χ4n) is 3.53. The lowest BCUT2D eigenvalue weighted by Gasteiger charge is -2.21. The van der Waals surface area contributed by atoms with Gasteiger partial charge in [0.1, 0.15) is 11.5 Å². The van der Waals surface area contributed by atoms with Gasteiger partial charge in [-0.2, -0.15) is 0 Å². The molecule has 2 amide bonds. The molecule has 2 unspecified atom stereocenters. The third-order valence-corrected chi connectivity index (χ3v) is 4.98. The number of nitrogens with zero attached hydrogens (tertiary/aromatic N) is 1. The van der Waals surface area contributed by atoms with Crippen LogP contribution in [0.15, 0.2) is 48.5 Å². The van der Waals surface area contributed by atoms with E-state index in [0.29, 0.717) is 31.2 Å². The number of hydrogen-bond acceptors (Lipinski definition) is 4. The Labute approximate surface area is 171 Å². The van der Waals surface area contributed by atoms with Gasteiger partial charge in [-0.25, -0.2) is 0 Å². The highest BCUT2D eigenvalue weighted by Crippen LogP contribution is 2.33. The van der Waals surface area contributed by atoms with Crippen molar-refractivity contribution in [3.05, 3.63) is 54.1 Å². The van der Waals surface area contributed by atoms with E-state index in [9.17, 15) is 9.59 Å². The standard InChI is InChI=1S/C23H28N2O4/c1-4-28-19-10-8-9-17(13-19)16(3)24-23(27)18-14-22(26)25(15-18)20-11-6-7-12-21(20)29-5-2/h6-13,16,18H,4-5,14-15H2,1-3H3,(H,24,27). The molecule has 0 radical (unpaired) electrons. The maximum absolute atomic E-state index is 12.8. The summed E-state index contributed by atoms with van der Waals surface area (Å²) in [6.07, 6.45) is 0.192. The molecule has 1 saturated heterocycles. The molecule has 1 heterocycles. The van der Waals surface area contributed by atoms with Crippen LogP contribution in [-0.2, 0) is 9.59 Å². The van der Waals surface area contributed by atoms with E-state index in [1.54, 1.807) is 4.90 Å². The molecule has 1 N–H and O–H groups in total. The van der Waals surface area contributed by atoms with E-state index in [2.05, 4.69) is 5.32 Å². The maximum atomic E-state index is 12.8. The predicted octanol–water partition coefficient (Wildman–Crippen LogP) is 3.71. The Morgan fingerprint density at radius 2 is 1.90 bits per heavy atom. The van der Waals surface area contributed by atoms with Crippen molar-refractivity contribution in [2.75, 3.05) is 24.7 Å². The third kappa shape index (κ3) is 4.88. The van der Waals surface area contributed by atoms with Gasteiger partial charge in [-0.1, -0.05) is 24.3 Å². The Morgan fingerprint density at radius 3 is 2.66 bits per heavy atom. The zero-order valence-corrected chi connectivity index (χ0v) is 17.2. The van der Waals surface area contributed by atoms with Gasteiger partial charge in [0.25, 0.3) is 0 Å². The van der Waals surface area contributed by atoms with E-state index < -0.39 is 5.92 Å². The van der Waals surface area contributed by atoms with Crippen LogP contribution < -0.4 is 19.7 Å². The van der Waals surface area contributed by atoms with E-state index >= 15 is 0 Å². The van der Waals surface area contributed by atoms with Crippen molar-refractivity contribution in [3.63, 3.8) is 0 Å². The van der Waals surface area contributed by atoms with E-state index in [1.807, 2.05) is 69.3 Å². The Balaban J connectivity index is 1.67. The van der Waals surface area contributed by atoms with Gasteiger partial charge in [-0.05, 0) is 50.6 Å². The van der Waals surface area contributed by atoms with Crippen LogP contribution in [0.2, 0.25) is 0 Å². The lowest BCUT2D eigenvalue weighted by Crippen LogP contribution is -2.34. The third-order valence-electron chi connectivity index (χ3n) is 4.98. The number of benzene rings is 2. The molecule has 2 atom stereocenters. The van der Waals surface area contributed by atoms with Crippen LogP contribution in [0.5, 0.6) is 11.5 Å². The van der Waals surface area contributed by atoms with Crippen molar-refractivity contribution in [3.8, 4) is 11.5 Å². The Hall–Kier alpha value is -3.02. The number of nitrogens with one attached hydrogen (secondary N) is 1. The van der Waals surface area contributed by atoms with Gasteiger partial charge < -0.3 is 19.7 Å². The summed E-state index contributed by atoms with van der Waals surface area (Å²) in [4.78, 5) is 27.1. The molecule has 29 heavy (non-hydrogen) atoms. The Morgan fingerprint density at radius 1 is 1.14 bits per heavy atom. The minimum atomic E-state index is -0.394. The number of carbonyl (C=O) groups is 2. The van der Waals surface area contributed by atoms with Crippen LogP contribution in [0.25, 0.3) is 0 Å². The van der Waals surface area contributed by atoms with Gasteiger partial charge >= 0.3 is 0 Å². The number of para-hydroxylation sites is 2. The molecule has 2 aromatic carbocycles. The van der Waals surface area contributed by atoms with Gasteiger partial charge in [0, 0.05) is 13.0 Å². The lowest BCUT2D eigenvalue weighted by molar-refractivity contribution is -0.126. The van der Waals surface area contributed by atoms with E-state index in [0.717, 1.165) is 11.3 Å². The van der Waals surface area contributed by atoms with Crippen LogP contribution in [0.1, 0.15) is 38.8 Å². The molecular weight excluding hydrogens is 368 g/mol. The zero-order chi connectivity index (χ0) is 20.8. The molecule has 0 aliphatic carbocycles. The predicted molar refractivity (Wildman–Crippen MR) is 112 cm³/mol. The SMILES string of the molecule is CCOc1cccc(C(C)NC(=O)C2CC(=O)N(c3ccccc3OCC)C2)c1. The molecule has 0 spiro atoms. The Kier molecular flexibility index (Phi) is 6.75. The second kappa shape index (κ2) is 9.45. The molecule has 6 heteroatoms. The second-order valence-corrected chi connectivity index (χ2v) is 7.04. The fourth-order valence-corrected chi connectivity index (χ4v) is 3.53. The first-order valence-electron chi connectivity index (χ1n) is 10.1. The monoisotopic (exact) mass is 396 g/mol. The first-order valence-corrected chi connectivity index (χ1v) is 10.1. The average molecular weight is 396 g/mol. The van der Waals surface area contributed by atoms with Crippen LogP contribution in [0.4, 0.5) is 5.69 Å². The van der Waals surface area contributed by atoms with E-state index in [-0.39, 0.29) is 24.3 Å². The molecule has 154 valence electrons. The largest absolute Gasteiger partial charge is 0.494 e. The van der Waals surface area contributed by atoms with Crippen molar-refractivity contribution in [2.24, 2.45) is 5.92 Å². The summed E-state index contributed by atoms with van der Waals surface area (Å²) >= 11 is 0. The fraction of sp³-hybridized carbons (Fsp3) is 0.391. The summed E-state index contributed by atoms with van der Waals surface area (Å²) in [5.41, 5.74) is 1.68. The van der Waals surface area contributed by atoms with Crippen LogP contribution in [-0.4, -0.2) is 31.6 Å². The van der Waals surface area contributed by atoms with Crippen molar-refractivity contribution in [1.82, 2.24) is 5.32 Å². The number of hydrogen-bond donors (Lipinski definition) is 1. The molecule has 0 aromatic heterocycles. The smallest absolute Gasteiger partial charge is 0.227 e. The highest BCUT2D eigenvalue weighted by molar-refractivity contribution is 6.01. The van der Waals surface area contributed by atoms with Crippen LogP contribution >= 0.6 is 0 Å². The summed E-state index contributed by atoms with van der Waals surface area (Å²) in [5.74, 6) is 0.855. The van der Waals surface area contributed by atoms with Crippen LogP contribution in [0.3, 0.4) is 0 Å². The van der Waals surface area contributed by atoms with Gasteiger partial charge in [0.15, 0.2) is 0 Å². The first kappa shape index (κ1) is 20.7. The van der Waals surface area contributed by atoms with Gasteiger partial charge in [-0.15, -0.1) is 0 Å². The molecule has 0 saturated carbocycles. The first-order chi connectivity index (χ1) is 14.0. The molecular formula is C23H28N2O4. The quantitative estimate of drug-likeness (QED) is 0.739. The molecule has 1 fully saturated rings. The number of amides is 2. The van der Waals surface area contributed by atoms with Crippen LogP contribution in [0, 0.1) is 5.92 Å². The molecule has 1 aliphatic heterocycles. The average Bonchev–Trinajstić information content (AvgIpc) is 3.11. The van der Waals surface area contributed by atoms with Crippen molar-refractivity contribution in [1.29, 1.82) is 0 Å². The molecule has 2 aromatic rings. The minimum Gasteiger partial charge on any atom is -0.494 e. The molecule has 0 bridgehead atoms. The van der Waals surface area contributed by atoms with Crippen molar-refractivity contribution < 1.29 is 19.1 Å². The second-order valence-electron chi connectivity index (χ2n) is 7.04. The van der Waals surface area contributed by atoms with E-state index in [4.69, 9.17) is 9.47 Å². The highest BCUT2D eigenvalue weighted by atomic mass is 16.5. The molecule has 1 aliphatic rings. The molecule has 3 rings (SSSR count). The summed E-state index contributed by atoms with van der Waals surface area (Å²) in [6, 6.07) is 14.9. The summed E-state index contributed by atoms with van der Waals surface area (Å²) in [5, 5.41) is 3.04. The minimum absolute atomic E-state index is 0.0664. The van der Waals surface area contributed by atoms with E-state index in [1.165, 1.54) is 0 Å². The summed E-state index contributed by atoms with van der Waals surface area (Å²) in [6.45, 7) is 7.22. The number of ether oxygens (including phenoxy) is 2. The summed E-state index contributed by atoms with van der Waals surface area (Å²) in [7, 11) is 0. The normalized spacial score (nSPS) is 17.1. The number of anilines is 1. The van der Waals surface area contributed by atoms with Gasteiger partial charge in [0.05, 0.1) is 30.9 Å². The summed E-state index contributed by atoms with van der Waals surface area (Å²) < 4.78 is 11.2. The topological polar surface area (TPSA) is 67.9 Å². The van der Waals surface area contributed by atoms with Crippen molar-refractivity contribution in [2.45, 2.75) is 33.2 Å².